The van der Waals surface area contributed by atoms with Crippen molar-refractivity contribution in [2.75, 3.05) is 31.1 Å². The van der Waals surface area contributed by atoms with Gasteiger partial charge in [0.15, 0.2) is 0 Å². The highest BCUT2D eigenvalue weighted by Gasteiger charge is 2.23. The molecule has 1 amide bonds. The summed E-state index contributed by atoms with van der Waals surface area (Å²) in [4.78, 5) is 16.2. The molecule has 0 bridgehead atoms. The van der Waals surface area contributed by atoms with E-state index in [9.17, 15) is 4.79 Å². The van der Waals surface area contributed by atoms with Crippen molar-refractivity contribution >= 4 is 23.2 Å². The van der Waals surface area contributed by atoms with E-state index in [4.69, 9.17) is 11.6 Å². The van der Waals surface area contributed by atoms with Gasteiger partial charge in [0.2, 0.25) is 5.91 Å². The normalized spacial score (nSPS) is 16.1. The number of carbonyl (C=O) groups is 1. The van der Waals surface area contributed by atoms with Gasteiger partial charge in [0, 0.05) is 42.8 Å². The molecule has 0 N–H and O–H groups in total. The molecule has 3 nitrogen and oxygen atoms in total. The van der Waals surface area contributed by atoms with Crippen LogP contribution in [0, 0.1) is 12.8 Å². The Morgan fingerprint density at radius 1 is 1.21 bits per heavy atom. The predicted octanol–water partition coefficient (Wildman–Crippen LogP) is 2.95. The maximum atomic E-state index is 11.9. The van der Waals surface area contributed by atoms with Gasteiger partial charge in [-0.1, -0.05) is 31.5 Å². The van der Waals surface area contributed by atoms with E-state index in [2.05, 4.69) is 11.0 Å². The molecule has 0 unspecified atom stereocenters. The van der Waals surface area contributed by atoms with Gasteiger partial charge in [0.1, 0.15) is 0 Å². The predicted molar refractivity (Wildman–Crippen MR) is 79.8 cm³/mol. The van der Waals surface area contributed by atoms with Crippen molar-refractivity contribution in [3.63, 3.8) is 0 Å². The molecule has 19 heavy (non-hydrogen) atoms. The molecule has 4 heteroatoms. The van der Waals surface area contributed by atoms with E-state index in [-0.39, 0.29) is 11.8 Å². The van der Waals surface area contributed by atoms with E-state index in [1.807, 2.05) is 37.8 Å². The summed E-state index contributed by atoms with van der Waals surface area (Å²) in [7, 11) is 0. The fourth-order valence-corrected chi connectivity index (χ4v) is 2.64. The summed E-state index contributed by atoms with van der Waals surface area (Å²) < 4.78 is 0. The number of halogens is 1. The number of rotatable bonds is 2. The van der Waals surface area contributed by atoms with E-state index >= 15 is 0 Å². The van der Waals surface area contributed by atoms with Crippen molar-refractivity contribution in [3.8, 4) is 0 Å². The van der Waals surface area contributed by atoms with Gasteiger partial charge in [-0.2, -0.15) is 0 Å². The highest BCUT2D eigenvalue weighted by Crippen LogP contribution is 2.27. The Bertz CT molecular complexity index is 465. The van der Waals surface area contributed by atoms with Crippen LogP contribution < -0.4 is 4.90 Å². The largest absolute Gasteiger partial charge is 0.368 e. The lowest BCUT2D eigenvalue weighted by atomic mass is 10.1. The maximum Gasteiger partial charge on any atom is 0.225 e. The van der Waals surface area contributed by atoms with E-state index in [0.29, 0.717) is 0 Å². The average molecular weight is 281 g/mol. The topological polar surface area (TPSA) is 23.6 Å². The monoisotopic (exact) mass is 280 g/mol. The Morgan fingerprint density at radius 3 is 2.42 bits per heavy atom. The molecule has 1 aromatic carbocycles. The first-order valence-corrected chi connectivity index (χ1v) is 7.17. The third kappa shape index (κ3) is 3.03. The lowest BCUT2D eigenvalue weighted by Crippen LogP contribution is -2.50. The summed E-state index contributed by atoms with van der Waals surface area (Å²) in [6.07, 6.45) is 0. The minimum Gasteiger partial charge on any atom is -0.368 e. The number of benzene rings is 1. The first-order valence-electron chi connectivity index (χ1n) is 6.79. The third-order valence-electron chi connectivity index (χ3n) is 3.67. The molecule has 0 radical (unpaired) electrons. The summed E-state index contributed by atoms with van der Waals surface area (Å²) in [6.45, 7) is 9.29. The molecule has 1 heterocycles. The SMILES string of the molecule is Cc1c(Cl)cccc1N1CCN(C(=O)C(C)C)CC1. The molecule has 1 saturated heterocycles. The van der Waals surface area contributed by atoms with Crippen LogP contribution in [-0.4, -0.2) is 37.0 Å². The van der Waals surface area contributed by atoms with Crippen LogP contribution in [0.1, 0.15) is 19.4 Å². The molecule has 2 rings (SSSR count). The zero-order valence-electron chi connectivity index (χ0n) is 11.8. The third-order valence-corrected chi connectivity index (χ3v) is 4.07. The molecule has 1 fully saturated rings. The Morgan fingerprint density at radius 2 is 1.84 bits per heavy atom. The van der Waals surface area contributed by atoms with Crippen LogP contribution in [0.5, 0.6) is 0 Å². The average Bonchev–Trinajstić information content (AvgIpc) is 2.41. The second-order valence-electron chi connectivity index (χ2n) is 5.35. The van der Waals surface area contributed by atoms with E-state index < -0.39 is 0 Å². The van der Waals surface area contributed by atoms with Crippen molar-refractivity contribution in [1.82, 2.24) is 4.90 Å². The fourth-order valence-electron chi connectivity index (χ4n) is 2.47. The highest BCUT2D eigenvalue weighted by molar-refractivity contribution is 6.31. The minimum absolute atomic E-state index is 0.0828. The molecule has 1 aliphatic rings. The number of nitrogens with zero attached hydrogens (tertiary/aromatic N) is 2. The van der Waals surface area contributed by atoms with Gasteiger partial charge < -0.3 is 9.80 Å². The molecular weight excluding hydrogens is 260 g/mol. The van der Waals surface area contributed by atoms with Crippen molar-refractivity contribution in [2.24, 2.45) is 5.92 Å². The van der Waals surface area contributed by atoms with Crippen LogP contribution in [0.15, 0.2) is 18.2 Å². The van der Waals surface area contributed by atoms with Crippen molar-refractivity contribution in [1.29, 1.82) is 0 Å². The Labute approximate surface area is 120 Å². The summed E-state index contributed by atoms with van der Waals surface area (Å²) in [5, 5.41) is 0.804. The first kappa shape index (κ1) is 14.2. The maximum absolute atomic E-state index is 11.9. The van der Waals surface area contributed by atoms with Gasteiger partial charge in [0.25, 0.3) is 0 Å². The number of carbonyl (C=O) groups excluding carboxylic acids is 1. The first-order chi connectivity index (χ1) is 9.00. The van der Waals surface area contributed by atoms with Gasteiger partial charge in [-0.25, -0.2) is 0 Å². The van der Waals surface area contributed by atoms with Crippen LogP contribution >= 0.6 is 11.6 Å². The smallest absolute Gasteiger partial charge is 0.225 e. The van der Waals surface area contributed by atoms with Crippen molar-refractivity contribution in [2.45, 2.75) is 20.8 Å². The lowest BCUT2D eigenvalue weighted by molar-refractivity contribution is -0.134. The Balaban J connectivity index is 2.04. The second kappa shape index (κ2) is 5.83. The summed E-state index contributed by atoms with van der Waals surface area (Å²) in [6, 6.07) is 6.00. The van der Waals surface area contributed by atoms with Crippen LogP contribution in [0.3, 0.4) is 0 Å². The lowest BCUT2D eigenvalue weighted by Gasteiger charge is -2.37. The molecule has 0 aromatic heterocycles. The number of hydrogen-bond acceptors (Lipinski definition) is 2. The Kier molecular flexibility index (Phi) is 4.35. The number of piperazine rings is 1. The minimum atomic E-state index is 0.0828. The highest BCUT2D eigenvalue weighted by atomic mass is 35.5. The van der Waals surface area contributed by atoms with E-state index in [1.165, 1.54) is 5.69 Å². The molecule has 1 aromatic rings. The van der Waals surface area contributed by atoms with Crippen LogP contribution in [-0.2, 0) is 4.79 Å². The van der Waals surface area contributed by atoms with Gasteiger partial charge >= 0.3 is 0 Å². The second-order valence-corrected chi connectivity index (χ2v) is 5.76. The number of amides is 1. The zero-order valence-corrected chi connectivity index (χ0v) is 12.6. The van der Waals surface area contributed by atoms with E-state index in [1.54, 1.807) is 0 Å². The van der Waals surface area contributed by atoms with Crippen molar-refractivity contribution < 1.29 is 4.79 Å². The van der Waals surface area contributed by atoms with Gasteiger partial charge in [-0.05, 0) is 24.6 Å². The zero-order chi connectivity index (χ0) is 14.0. The van der Waals surface area contributed by atoms with Gasteiger partial charge in [-0.3, -0.25) is 4.79 Å². The van der Waals surface area contributed by atoms with Crippen LogP contribution in [0.4, 0.5) is 5.69 Å². The van der Waals surface area contributed by atoms with E-state index in [0.717, 1.165) is 36.8 Å². The standard InChI is InChI=1S/C15H21ClN2O/c1-11(2)15(19)18-9-7-17(8-10-18)14-6-4-5-13(16)12(14)3/h4-6,11H,7-10H2,1-3H3. The fraction of sp³-hybridized carbons (Fsp3) is 0.533. The molecule has 0 spiro atoms. The number of anilines is 1. The van der Waals surface area contributed by atoms with Gasteiger partial charge in [0.05, 0.1) is 0 Å². The Hall–Kier alpha value is -1.22. The molecule has 0 saturated carbocycles. The van der Waals surface area contributed by atoms with Gasteiger partial charge in [-0.15, -0.1) is 0 Å². The number of hydrogen-bond donors (Lipinski definition) is 0. The van der Waals surface area contributed by atoms with Crippen LogP contribution in [0.2, 0.25) is 5.02 Å². The quantitative estimate of drug-likeness (QED) is 0.832. The molecule has 104 valence electrons. The molecular formula is C15H21ClN2O. The molecule has 0 atom stereocenters. The summed E-state index contributed by atoms with van der Waals surface area (Å²) >= 11 is 6.16. The van der Waals surface area contributed by atoms with Crippen molar-refractivity contribution in [3.05, 3.63) is 28.8 Å². The summed E-state index contributed by atoms with van der Waals surface area (Å²) in [5.41, 5.74) is 2.30. The summed E-state index contributed by atoms with van der Waals surface area (Å²) in [5.74, 6) is 0.335. The molecule has 0 aliphatic carbocycles. The molecule has 1 aliphatic heterocycles. The van der Waals surface area contributed by atoms with Crippen LogP contribution in [0.25, 0.3) is 0 Å².